The standard InChI is InChI=1S/C33H47BO7Si/c1-11-36-29(35)21-24-14-12-13-15-28(24)37-22-23-18-25-20-26(16-17-38-42(9,10)31(2,3)4)39-30(25)27(19-23)34-40-32(5,6)33(7,8)41-34/h12-15,18-20H,11,16-17,21-22H2,1-10H3. The number of ether oxygens (including phenoxy) is 2. The van der Waals surface area contributed by atoms with Gasteiger partial charge in [0.05, 0.1) is 24.2 Å². The van der Waals surface area contributed by atoms with E-state index in [1.165, 1.54) is 0 Å². The number of esters is 1. The van der Waals surface area contributed by atoms with Gasteiger partial charge in [0.25, 0.3) is 0 Å². The molecular formula is C33H47BO7Si. The summed E-state index contributed by atoms with van der Waals surface area (Å²) in [7, 11) is -2.45. The number of fused-ring (bicyclic) bond motifs is 1. The van der Waals surface area contributed by atoms with Crippen LogP contribution in [0.15, 0.2) is 46.9 Å². The zero-order valence-corrected chi connectivity index (χ0v) is 28.0. The van der Waals surface area contributed by atoms with E-state index in [9.17, 15) is 4.79 Å². The van der Waals surface area contributed by atoms with Gasteiger partial charge in [-0.2, -0.15) is 0 Å². The second kappa shape index (κ2) is 12.2. The summed E-state index contributed by atoms with van der Waals surface area (Å²) < 4.78 is 37.1. The molecule has 0 atom stereocenters. The Kier molecular flexibility index (Phi) is 9.38. The Morgan fingerprint density at radius 1 is 1.00 bits per heavy atom. The smallest absolute Gasteiger partial charge is 0.489 e. The van der Waals surface area contributed by atoms with Crippen molar-refractivity contribution in [2.24, 2.45) is 0 Å². The summed E-state index contributed by atoms with van der Waals surface area (Å²) in [5, 5.41) is 1.11. The van der Waals surface area contributed by atoms with Gasteiger partial charge in [-0.25, -0.2) is 0 Å². The monoisotopic (exact) mass is 594 g/mol. The summed E-state index contributed by atoms with van der Waals surface area (Å²) in [6.07, 6.45) is 0.835. The topological polar surface area (TPSA) is 76.4 Å². The van der Waals surface area contributed by atoms with Crippen molar-refractivity contribution >= 4 is 37.8 Å². The number of hydrogen-bond donors (Lipinski definition) is 0. The molecule has 42 heavy (non-hydrogen) atoms. The van der Waals surface area contributed by atoms with Crippen LogP contribution in [0, 0.1) is 0 Å². The predicted octanol–water partition coefficient (Wildman–Crippen LogP) is 6.98. The largest absolute Gasteiger partial charge is 0.498 e. The molecule has 4 rings (SSSR count). The predicted molar refractivity (Wildman–Crippen MR) is 170 cm³/mol. The molecule has 0 amide bonds. The van der Waals surface area contributed by atoms with E-state index >= 15 is 0 Å². The van der Waals surface area contributed by atoms with E-state index in [2.05, 4.69) is 46.0 Å². The summed E-state index contributed by atoms with van der Waals surface area (Å²) in [6.45, 7) is 22.5. The van der Waals surface area contributed by atoms with Crippen LogP contribution in [0.4, 0.5) is 0 Å². The van der Waals surface area contributed by atoms with Gasteiger partial charge in [-0.15, -0.1) is 0 Å². The van der Waals surface area contributed by atoms with Crippen molar-refractivity contribution in [3.63, 3.8) is 0 Å². The average molecular weight is 595 g/mol. The Labute approximate surface area is 252 Å². The van der Waals surface area contributed by atoms with Crippen molar-refractivity contribution in [2.45, 2.75) is 104 Å². The molecule has 7 nitrogen and oxygen atoms in total. The summed E-state index contributed by atoms with van der Waals surface area (Å²) in [4.78, 5) is 12.1. The van der Waals surface area contributed by atoms with Crippen LogP contribution < -0.4 is 10.2 Å². The number of hydrogen-bond acceptors (Lipinski definition) is 7. The van der Waals surface area contributed by atoms with E-state index in [0.29, 0.717) is 32.0 Å². The van der Waals surface area contributed by atoms with E-state index in [0.717, 1.165) is 33.3 Å². The lowest BCUT2D eigenvalue weighted by molar-refractivity contribution is -0.142. The van der Waals surface area contributed by atoms with Gasteiger partial charge in [-0.05, 0) is 76.5 Å². The summed E-state index contributed by atoms with van der Waals surface area (Å²) in [6, 6.07) is 13.8. The summed E-state index contributed by atoms with van der Waals surface area (Å²) in [5.41, 5.74) is 2.34. The molecule has 228 valence electrons. The third-order valence-corrected chi connectivity index (χ3v) is 13.4. The molecular weight excluding hydrogens is 547 g/mol. The molecule has 1 aromatic heterocycles. The van der Waals surface area contributed by atoms with Crippen LogP contribution in [0.25, 0.3) is 11.0 Å². The highest BCUT2D eigenvalue weighted by Gasteiger charge is 2.52. The van der Waals surface area contributed by atoms with Gasteiger partial charge in [0.2, 0.25) is 0 Å². The molecule has 1 fully saturated rings. The van der Waals surface area contributed by atoms with Crippen LogP contribution in [-0.4, -0.2) is 45.8 Å². The SMILES string of the molecule is CCOC(=O)Cc1ccccc1OCc1cc(B2OC(C)(C)C(C)(C)O2)c2oc(CCO[Si](C)(C)C(C)(C)C)cc2c1. The lowest BCUT2D eigenvalue weighted by atomic mass is 9.77. The first-order chi connectivity index (χ1) is 19.5. The van der Waals surface area contributed by atoms with Crippen LogP contribution >= 0.6 is 0 Å². The normalized spacial score (nSPS) is 16.7. The molecule has 0 radical (unpaired) electrons. The highest BCUT2D eigenvalue weighted by atomic mass is 28.4. The first-order valence-corrected chi connectivity index (χ1v) is 17.8. The Bertz CT molecular complexity index is 1390. The number of carbonyl (C=O) groups excluding carboxylic acids is 1. The molecule has 0 aliphatic carbocycles. The van der Waals surface area contributed by atoms with Crippen molar-refractivity contribution in [1.82, 2.24) is 0 Å². The average Bonchev–Trinajstić information content (AvgIpc) is 3.38. The summed E-state index contributed by atoms with van der Waals surface area (Å²) in [5.74, 6) is 1.24. The molecule has 1 aliphatic rings. The van der Waals surface area contributed by atoms with Gasteiger partial charge < -0.3 is 27.6 Å². The molecule has 9 heteroatoms. The van der Waals surface area contributed by atoms with Crippen molar-refractivity contribution < 1.29 is 32.4 Å². The van der Waals surface area contributed by atoms with Gasteiger partial charge in [0.15, 0.2) is 8.32 Å². The number of para-hydroxylation sites is 1. The fourth-order valence-corrected chi connectivity index (χ4v) is 5.64. The van der Waals surface area contributed by atoms with Gasteiger partial charge >= 0.3 is 13.1 Å². The molecule has 3 aromatic rings. The molecule has 0 N–H and O–H groups in total. The van der Waals surface area contributed by atoms with Crippen LogP contribution in [0.5, 0.6) is 5.75 Å². The van der Waals surface area contributed by atoms with Gasteiger partial charge in [-0.3, -0.25) is 4.79 Å². The minimum atomic E-state index is -1.86. The Morgan fingerprint density at radius 3 is 2.31 bits per heavy atom. The maximum absolute atomic E-state index is 12.1. The first kappa shape index (κ1) is 32.3. The van der Waals surface area contributed by atoms with Crippen molar-refractivity contribution in [1.29, 1.82) is 0 Å². The molecule has 1 saturated heterocycles. The van der Waals surface area contributed by atoms with Crippen LogP contribution in [0.3, 0.4) is 0 Å². The van der Waals surface area contributed by atoms with Gasteiger partial charge in [-0.1, -0.05) is 45.0 Å². The molecule has 0 spiro atoms. The Morgan fingerprint density at radius 2 is 1.67 bits per heavy atom. The first-order valence-electron chi connectivity index (χ1n) is 14.9. The van der Waals surface area contributed by atoms with E-state index in [-0.39, 0.29) is 17.4 Å². The highest BCUT2D eigenvalue weighted by Crippen LogP contribution is 2.38. The van der Waals surface area contributed by atoms with Crippen molar-refractivity contribution in [3.8, 4) is 5.75 Å². The number of benzene rings is 2. The van der Waals surface area contributed by atoms with E-state index in [1.54, 1.807) is 6.92 Å². The maximum atomic E-state index is 12.1. The second-order valence-corrected chi connectivity index (χ2v) is 18.5. The van der Waals surface area contributed by atoms with Gasteiger partial charge in [0.1, 0.15) is 23.7 Å². The molecule has 0 unspecified atom stereocenters. The quantitative estimate of drug-likeness (QED) is 0.175. The minimum Gasteiger partial charge on any atom is -0.489 e. The molecule has 0 saturated carbocycles. The minimum absolute atomic E-state index is 0.147. The van der Waals surface area contributed by atoms with Crippen LogP contribution in [-0.2, 0) is 42.7 Å². The van der Waals surface area contributed by atoms with E-state index in [1.807, 2.05) is 58.0 Å². The van der Waals surface area contributed by atoms with Crippen molar-refractivity contribution in [2.75, 3.05) is 13.2 Å². The third kappa shape index (κ3) is 7.13. The lowest BCUT2D eigenvalue weighted by Gasteiger charge is -2.36. The molecule has 2 heterocycles. The number of carbonyl (C=O) groups is 1. The highest BCUT2D eigenvalue weighted by molar-refractivity contribution is 6.74. The van der Waals surface area contributed by atoms with Crippen LogP contribution in [0.2, 0.25) is 18.1 Å². The second-order valence-electron chi connectivity index (χ2n) is 13.6. The van der Waals surface area contributed by atoms with Gasteiger partial charge in [0, 0.05) is 29.4 Å². The number of rotatable bonds is 11. The van der Waals surface area contributed by atoms with E-state index in [4.69, 9.17) is 27.6 Å². The molecule has 2 aromatic carbocycles. The Balaban J connectivity index is 1.61. The van der Waals surface area contributed by atoms with E-state index < -0.39 is 26.6 Å². The fourth-order valence-electron chi connectivity index (χ4n) is 4.59. The maximum Gasteiger partial charge on any atom is 0.498 e. The number of furan rings is 1. The molecule has 1 aliphatic heterocycles. The fraction of sp³-hybridized carbons (Fsp3) is 0.545. The summed E-state index contributed by atoms with van der Waals surface area (Å²) >= 11 is 0. The zero-order valence-electron chi connectivity index (χ0n) is 27.0. The molecule has 0 bridgehead atoms. The zero-order chi connectivity index (χ0) is 30.9. The Hall–Kier alpha value is -2.59. The lowest BCUT2D eigenvalue weighted by Crippen LogP contribution is -2.41. The third-order valence-electron chi connectivity index (χ3n) is 8.89. The van der Waals surface area contributed by atoms with Crippen molar-refractivity contribution in [3.05, 3.63) is 59.4 Å². The van der Waals surface area contributed by atoms with Crippen LogP contribution in [0.1, 0.15) is 72.3 Å².